The Hall–Kier alpha value is -3.42. The van der Waals surface area contributed by atoms with Crippen molar-refractivity contribution in [2.45, 2.75) is 33.6 Å². The van der Waals surface area contributed by atoms with Crippen LogP contribution in [0.2, 0.25) is 0 Å². The van der Waals surface area contributed by atoms with Gasteiger partial charge in [-0.25, -0.2) is 10.2 Å². The summed E-state index contributed by atoms with van der Waals surface area (Å²) in [7, 11) is 0. The van der Waals surface area contributed by atoms with Gasteiger partial charge in [0.05, 0.1) is 0 Å². The predicted octanol–water partition coefficient (Wildman–Crippen LogP) is 4.24. The first kappa shape index (κ1) is 19.9. The summed E-state index contributed by atoms with van der Waals surface area (Å²) < 4.78 is 5.35. The van der Waals surface area contributed by atoms with Gasteiger partial charge in [0, 0.05) is 18.2 Å². The van der Waals surface area contributed by atoms with E-state index in [0.29, 0.717) is 12.0 Å². The predicted molar refractivity (Wildman–Crippen MR) is 104 cm³/mol. The van der Waals surface area contributed by atoms with Crippen molar-refractivity contribution in [1.29, 1.82) is 0 Å². The molecule has 0 aliphatic rings. The highest BCUT2D eigenvalue weighted by Crippen LogP contribution is 2.21. The van der Waals surface area contributed by atoms with Gasteiger partial charge in [0.1, 0.15) is 5.75 Å². The molecule has 2 rings (SSSR count). The van der Waals surface area contributed by atoms with Crippen molar-refractivity contribution in [3.05, 3.63) is 47.6 Å². The van der Waals surface area contributed by atoms with E-state index in [1.54, 1.807) is 18.3 Å². The van der Waals surface area contributed by atoms with E-state index in [2.05, 4.69) is 52.0 Å². The van der Waals surface area contributed by atoms with Gasteiger partial charge in [-0.3, -0.25) is 5.32 Å². The molecule has 8 heteroatoms. The maximum Gasteiger partial charge on any atom is 0.343 e. The van der Waals surface area contributed by atoms with Crippen LogP contribution in [0.15, 0.2) is 57.1 Å². The first-order chi connectivity index (χ1) is 12.9. The number of amides is 2. The first-order valence-electron chi connectivity index (χ1n) is 8.44. The van der Waals surface area contributed by atoms with Gasteiger partial charge in [0.15, 0.2) is 0 Å². The zero-order valence-electron chi connectivity index (χ0n) is 15.6. The Morgan fingerprint density at radius 1 is 1.19 bits per heavy atom. The molecule has 1 heterocycles. The molecule has 27 heavy (non-hydrogen) atoms. The van der Waals surface area contributed by atoms with Crippen molar-refractivity contribution in [1.82, 2.24) is 15.6 Å². The van der Waals surface area contributed by atoms with E-state index in [1.165, 1.54) is 17.7 Å². The number of benzene rings is 1. The quantitative estimate of drug-likeness (QED) is 0.384. The third-order valence-electron chi connectivity index (χ3n) is 3.42. The van der Waals surface area contributed by atoms with Crippen molar-refractivity contribution >= 4 is 18.3 Å². The SMILES string of the molecule is CC(C)=CC/C=C(/C)C/C=N/NC(=O)Nc1nnc(-c2ccc(O)cc2)o1. The minimum Gasteiger partial charge on any atom is -0.508 e. The molecule has 2 aromatic rings. The van der Waals surface area contributed by atoms with Crippen LogP contribution < -0.4 is 10.7 Å². The Bertz CT molecular complexity index is 846. The van der Waals surface area contributed by atoms with Gasteiger partial charge >= 0.3 is 12.0 Å². The summed E-state index contributed by atoms with van der Waals surface area (Å²) in [6, 6.07) is 5.63. The summed E-state index contributed by atoms with van der Waals surface area (Å²) >= 11 is 0. The number of anilines is 1. The molecular weight excluding hydrogens is 346 g/mol. The average Bonchev–Trinajstić information content (AvgIpc) is 3.07. The van der Waals surface area contributed by atoms with Crippen LogP contribution in [0.3, 0.4) is 0 Å². The van der Waals surface area contributed by atoms with Gasteiger partial charge in [-0.2, -0.15) is 5.10 Å². The lowest BCUT2D eigenvalue weighted by Gasteiger charge is -1.99. The van der Waals surface area contributed by atoms with E-state index >= 15 is 0 Å². The van der Waals surface area contributed by atoms with E-state index in [1.807, 2.05) is 6.92 Å². The van der Waals surface area contributed by atoms with E-state index in [-0.39, 0.29) is 17.7 Å². The Morgan fingerprint density at radius 2 is 1.93 bits per heavy atom. The molecule has 0 saturated carbocycles. The zero-order valence-corrected chi connectivity index (χ0v) is 15.6. The highest BCUT2D eigenvalue weighted by molar-refractivity contribution is 5.87. The van der Waals surface area contributed by atoms with Crippen LogP contribution >= 0.6 is 0 Å². The van der Waals surface area contributed by atoms with Crippen LogP contribution in [0.25, 0.3) is 11.5 Å². The molecule has 8 nitrogen and oxygen atoms in total. The maximum absolute atomic E-state index is 11.8. The molecule has 142 valence electrons. The van der Waals surface area contributed by atoms with Crippen LogP contribution in [0, 0.1) is 0 Å². The van der Waals surface area contributed by atoms with Gasteiger partial charge in [0.25, 0.3) is 0 Å². The van der Waals surface area contributed by atoms with Crippen LogP contribution in [-0.2, 0) is 0 Å². The average molecular weight is 369 g/mol. The number of hydrogen-bond donors (Lipinski definition) is 3. The van der Waals surface area contributed by atoms with E-state index in [9.17, 15) is 9.90 Å². The highest BCUT2D eigenvalue weighted by atomic mass is 16.4. The van der Waals surface area contributed by atoms with Crippen LogP contribution in [-0.4, -0.2) is 27.5 Å². The summed E-state index contributed by atoms with van der Waals surface area (Å²) in [5, 5.41) is 23.1. The van der Waals surface area contributed by atoms with Crippen molar-refractivity contribution in [3.63, 3.8) is 0 Å². The zero-order chi connectivity index (χ0) is 19.6. The number of rotatable bonds is 7. The minimum absolute atomic E-state index is 0.0522. The van der Waals surface area contributed by atoms with Crippen LogP contribution in [0.4, 0.5) is 10.8 Å². The fraction of sp³-hybridized carbons (Fsp3) is 0.263. The van der Waals surface area contributed by atoms with Gasteiger partial charge in [-0.15, -0.1) is 5.10 Å². The number of hydrazone groups is 1. The van der Waals surface area contributed by atoms with Gasteiger partial charge in [-0.05, 0) is 51.5 Å². The lowest BCUT2D eigenvalue weighted by Crippen LogP contribution is -2.24. The lowest BCUT2D eigenvalue weighted by molar-refractivity contribution is 0.252. The Kier molecular flexibility index (Phi) is 7.30. The molecule has 0 fully saturated rings. The minimum atomic E-state index is -0.585. The second kappa shape index (κ2) is 9.91. The summed E-state index contributed by atoms with van der Waals surface area (Å²) in [5.74, 6) is 0.363. The topological polar surface area (TPSA) is 113 Å². The number of aromatic hydroxyl groups is 1. The number of urea groups is 1. The Labute approximate surface area is 157 Å². The molecular formula is C19H23N5O3. The number of nitrogens with zero attached hydrogens (tertiary/aromatic N) is 3. The van der Waals surface area contributed by atoms with Crippen molar-refractivity contribution in [2.75, 3.05) is 5.32 Å². The fourth-order valence-corrected chi connectivity index (χ4v) is 1.99. The van der Waals surface area contributed by atoms with E-state index in [4.69, 9.17) is 4.42 Å². The van der Waals surface area contributed by atoms with Crippen LogP contribution in [0.5, 0.6) is 5.75 Å². The first-order valence-corrected chi connectivity index (χ1v) is 8.44. The summed E-state index contributed by atoms with van der Waals surface area (Å²) in [6.07, 6.45) is 7.40. The second-order valence-corrected chi connectivity index (χ2v) is 6.11. The number of phenols is 1. The third-order valence-corrected chi connectivity index (χ3v) is 3.42. The summed E-state index contributed by atoms with van der Waals surface area (Å²) in [6.45, 7) is 6.13. The van der Waals surface area contributed by atoms with Crippen LogP contribution in [0.1, 0.15) is 33.6 Å². The Morgan fingerprint density at radius 3 is 2.63 bits per heavy atom. The maximum atomic E-state index is 11.8. The lowest BCUT2D eigenvalue weighted by atomic mass is 10.1. The van der Waals surface area contributed by atoms with E-state index < -0.39 is 6.03 Å². The smallest absolute Gasteiger partial charge is 0.343 e. The Balaban J connectivity index is 1.79. The summed E-state index contributed by atoms with van der Waals surface area (Å²) in [4.78, 5) is 11.8. The molecule has 0 aliphatic heterocycles. The second-order valence-electron chi connectivity index (χ2n) is 6.11. The van der Waals surface area contributed by atoms with E-state index in [0.717, 1.165) is 12.0 Å². The number of hydrogen-bond acceptors (Lipinski definition) is 6. The fourth-order valence-electron chi connectivity index (χ4n) is 1.99. The molecule has 1 aromatic heterocycles. The molecule has 0 bridgehead atoms. The monoisotopic (exact) mass is 369 g/mol. The molecule has 0 spiro atoms. The number of carbonyl (C=O) groups is 1. The number of allylic oxidation sites excluding steroid dienone is 4. The van der Waals surface area contributed by atoms with Gasteiger partial charge in [0.2, 0.25) is 5.89 Å². The standard InChI is InChI=1S/C19H23N5O3/c1-13(2)5-4-6-14(3)11-12-20-23-18(26)21-19-24-22-17(27-19)15-7-9-16(25)10-8-15/h5-10,12,25H,4,11H2,1-3H3,(H2,21,23,24,26)/b14-6-,20-12+. The molecule has 1 aromatic carbocycles. The molecule has 0 aliphatic carbocycles. The molecule has 0 radical (unpaired) electrons. The van der Waals surface area contributed by atoms with Crippen molar-refractivity contribution < 1.29 is 14.3 Å². The number of phenolic OH excluding ortho intramolecular Hbond substituents is 1. The molecule has 0 saturated heterocycles. The molecule has 2 amide bonds. The third kappa shape index (κ3) is 7.15. The molecule has 3 N–H and O–H groups in total. The van der Waals surface area contributed by atoms with Gasteiger partial charge < -0.3 is 9.52 Å². The number of aromatic nitrogens is 2. The number of nitrogens with one attached hydrogen (secondary N) is 2. The normalized spacial score (nSPS) is 11.4. The summed E-state index contributed by atoms with van der Waals surface area (Å²) in [5.41, 5.74) is 5.40. The van der Waals surface area contributed by atoms with Crippen molar-refractivity contribution in [3.8, 4) is 17.2 Å². The molecule has 0 unspecified atom stereocenters. The number of carbonyl (C=O) groups excluding carboxylic acids is 1. The van der Waals surface area contributed by atoms with Crippen molar-refractivity contribution in [2.24, 2.45) is 5.10 Å². The highest BCUT2D eigenvalue weighted by Gasteiger charge is 2.10. The van der Waals surface area contributed by atoms with Gasteiger partial charge in [-0.1, -0.05) is 28.4 Å². The molecule has 0 atom stereocenters. The largest absolute Gasteiger partial charge is 0.508 e.